The number of hydrogen-bond donors (Lipinski definition) is 0. The highest BCUT2D eigenvalue weighted by Crippen LogP contribution is 2.57. The van der Waals surface area contributed by atoms with E-state index in [0.29, 0.717) is 6.04 Å². The standard InChI is InChI=1S/C19H26N3/c1-14-18(2)10-11-19(3,17-15(18)9-13-21(17)5)22(14)16-8-6-7-12-20(16)4/h6-9,12-14H,10-11H2,1-5H3/q+1. The Morgan fingerprint density at radius 3 is 2.68 bits per heavy atom. The van der Waals surface area contributed by atoms with Gasteiger partial charge in [0.25, 0.3) is 5.82 Å². The summed E-state index contributed by atoms with van der Waals surface area (Å²) in [5, 5.41) is 0. The second kappa shape index (κ2) is 4.15. The number of aryl methyl sites for hydroxylation is 2. The lowest BCUT2D eigenvalue weighted by Gasteiger charge is -2.57. The van der Waals surface area contributed by atoms with Crippen LogP contribution < -0.4 is 9.47 Å². The summed E-state index contributed by atoms with van der Waals surface area (Å²) in [6, 6.07) is 9.37. The molecule has 1 saturated heterocycles. The Morgan fingerprint density at radius 2 is 1.95 bits per heavy atom. The Labute approximate surface area is 133 Å². The SMILES string of the molecule is CC1N(c2cccc[n+]2C)C2(C)CCC1(C)c1ccn(C)c12. The molecule has 0 amide bonds. The summed E-state index contributed by atoms with van der Waals surface area (Å²) in [6.07, 6.45) is 6.89. The van der Waals surface area contributed by atoms with Gasteiger partial charge in [0.2, 0.25) is 0 Å². The van der Waals surface area contributed by atoms with Crippen molar-refractivity contribution in [1.82, 2.24) is 4.57 Å². The summed E-state index contributed by atoms with van der Waals surface area (Å²) in [5.41, 5.74) is 3.37. The number of piperidine rings is 1. The normalized spacial score (nSPS) is 33.1. The van der Waals surface area contributed by atoms with Crippen LogP contribution in [0, 0.1) is 0 Å². The molecule has 3 aliphatic rings. The molecule has 116 valence electrons. The van der Waals surface area contributed by atoms with Gasteiger partial charge >= 0.3 is 0 Å². The maximum atomic E-state index is 2.67. The largest absolute Gasteiger partial charge is 0.350 e. The van der Waals surface area contributed by atoms with Crippen molar-refractivity contribution >= 4 is 5.82 Å². The van der Waals surface area contributed by atoms with E-state index in [0.717, 1.165) is 0 Å². The Balaban J connectivity index is 2.00. The highest BCUT2D eigenvalue weighted by Gasteiger charge is 2.62. The summed E-state index contributed by atoms with van der Waals surface area (Å²) in [6.45, 7) is 7.28. The van der Waals surface area contributed by atoms with Crippen molar-refractivity contribution in [3.63, 3.8) is 0 Å². The van der Waals surface area contributed by atoms with E-state index in [2.05, 4.69) is 85.6 Å². The van der Waals surface area contributed by atoms with Crippen LogP contribution >= 0.6 is 0 Å². The van der Waals surface area contributed by atoms with E-state index in [-0.39, 0.29) is 11.0 Å². The lowest BCUT2D eigenvalue weighted by molar-refractivity contribution is -0.659. The lowest BCUT2D eigenvalue weighted by Crippen LogP contribution is -2.67. The Bertz CT molecular complexity index is 747. The fraction of sp³-hybridized carbons (Fsp3) is 0.526. The minimum absolute atomic E-state index is 0.0733. The van der Waals surface area contributed by atoms with Gasteiger partial charge in [0.15, 0.2) is 0 Å². The Morgan fingerprint density at radius 1 is 1.18 bits per heavy atom. The van der Waals surface area contributed by atoms with Gasteiger partial charge in [-0.05, 0) is 44.4 Å². The summed E-state index contributed by atoms with van der Waals surface area (Å²) < 4.78 is 4.60. The van der Waals surface area contributed by atoms with Crippen molar-refractivity contribution in [3.8, 4) is 0 Å². The van der Waals surface area contributed by atoms with E-state index in [1.54, 1.807) is 5.56 Å². The third-order valence-electron chi connectivity index (χ3n) is 6.44. The molecule has 0 radical (unpaired) electrons. The average Bonchev–Trinajstić information content (AvgIpc) is 2.89. The van der Waals surface area contributed by atoms with E-state index in [9.17, 15) is 0 Å². The highest BCUT2D eigenvalue weighted by atomic mass is 15.3. The lowest BCUT2D eigenvalue weighted by atomic mass is 9.58. The number of rotatable bonds is 1. The number of nitrogens with zero attached hydrogens (tertiary/aromatic N) is 3. The first-order valence-corrected chi connectivity index (χ1v) is 8.30. The van der Waals surface area contributed by atoms with Gasteiger partial charge in [-0.25, -0.2) is 9.47 Å². The van der Waals surface area contributed by atoms with Crippen LogP contribution in [-0.4, -0.2) is 10.6 Å². The molecule has 2 aliphatic heterocycles. The molecule has 0 aromatic carbocycles. The van der Waals surface area contributed by atoms with Gasteiger partial charge in [-0.1, -0.05) is 13.0 Å². The molecule has 3 atom stereocenters. The predicted molar refractivity (Wildman–Crippen MR) is 88.9 cm³/mol. The van der Waals surface area contributed by atoms with Gasteiger partial charge in [0, 0.05) is 24.7 Å². The molecule has 2 aromatic rings. The molecular formula is C19H26N3+. The molecule has 0 N–H and O–H groups in total. The zero-order valence-electron chi connectivity index (χ0n) is 14.3. The van der Waals surface area contributed by atoms with Gasteiger partial charge < -0.3 is 4.57 Å². The quantitative estimate of drug-likeness (QED) is 0.737. The van der Waals surface area contributed by atoms with Crippen LogP contribution in [0.4, 0.5) is 5.82 Å². The van der Waals surface area contributed by atoms with Gasteiger partial charge in [-0.15, -0.1) is 0 Å². The average molecular weight is 296 g/mol. The number of aromatic nitrogens is 2. The van der Waals surface area contributed by atoms with Crippen LogP contribution in [0.2, 0.25) is 0 Å². The van der Waals surface area contributed by atoms with Crippen molar-refractivity contribution in [2.24, 2.45) is 14.1 Å². The molecule has 0 spiro atoms. The van der Waals surface area contributed by atoms with E-state index >= 15 is 0 Å². The molecule has 1 aliphatic carbocycles. The molecule has 3 heteroatoms. The molecular weight excluding hydrogens is 270 g/mol. The van der Waals surface area contributed by atoms with E-state index in [1.807, 2.05) is 0 Å². The second-order valence-corrected chi connectivity index (χ2v) is 7.60. The maximum Gasteiger partial charge on any atom is 0.277 e. The van der Waals surface area contributed by atoms with Crippen LogP contribution in [0.1, 0.15) is 44.9 Å². The van der Waals surface area contributed by atoms with Crippen molar-refractivity contribution in [3.05, 3.63) is 47.9 Å². The van der Waals surface area contributed by atoms with E-state index in [1.165, 1.54) is 24.4 Å². The Hall–Kier alpha value is -1.77. The van der Waals surface area contributed by atoms with Gasteiger partial charge in [0.1, 0.15) is 11.6 Å². The second-order valence-electron chi connectivity index (χ2n) is 7.60. The van der Waals surface area contributed by atoms with E-state index < -0.39 is 0 Å². The van der Waals surface area contributed by atoms with Crippen molar-refractivity contribution in [1.29, 1.82) is 0 Å². The summed E-state index contributed by atoms with van der Waals surface area (Å²) in [4.78, 5) is 2.67. The third kappa shape index (κ3) is 1.44. The van der Waals surface area contributed by atoms with Crippen LogP contribution in [0.3, 0.4) is 0 Å². The molecule has 3 nitrogen and oxygen atoms in total. The summed E-state index contributed by atoms with van der Waals surface area (Å²) in [5.74, 6) is 1.32. The van der Waals surface area contributed by atoms with Gasteiger partial charge in [-0.3, -0.25) is 0 Å². The van der Waals surface area contributed by atoms with Crippen LogP contribution in [-0.2, 0) is 25.0 Å². The maximum absolute atomic E-state index is 2.67. The molecule has 1 fully saturated rings. The van der Waals surface area contributed by atoms with Crippen molar-refractivity contribution in [2.75, 3.05) is 4.90 Å². The number of pyridine rings is 1. The Kier molecular flexibility index (Phi) is 2.62. The fourth-order valence-electron chi connectivity index (χ4n) is 5.01. The molecule has 22 heavy (non-hydrogen) atoms. The van der Waals surface area contributed by atoms with Crippen LogP contribution in [0.5, 0.6) is 0 Å². The first kappa shape index (κ1) is 13.9. The molecule has 2 aromatic heterocycles. The van der Waals surface area contributed by atoms with Crippen LogP contribution in [0.15, 0.2) is 36.7 Å². The molecule has 2 bridgehead atoms. The van der Waals surface area contributed by atoms with Crippen molar-refractivity contribution < 1.29 is 4.57 Å². The smallest absolute Gasteiger partial charge is 0.277 e. The van der Waals surface area contributed by atoms with Crippen LogP contribution in [0.25, 0.3) is 0 Å². The number of anilines is 1. The first-order valence-electron chi connectivity index (χ1n) is 8.30. The molecule has 4 heterocycles. The minimum atomic E-state index is 0.0733. The molecule has 5 rings (SSSR count). The zero-order valence-corrected chi connectivity index (χ0v) is 14.3. The summed E-state index contributed by atoms with van der Waals surface area (Å²) >= 11 is 0. The molecule has 3 unspecified atom stereocenters. The fourth-order valence-corrected chi connectivity index (χ4v) is 5.01. The van der Waals surface area contributed by atoms with Gasteiger partial charge in [-0.2, -0.15) is 0 Å². The highest BCUT2D eigenvalue weighted by molar-refractivity contribution is 5.55. The topological polar surface area (TPSA) is 12.1 Å². The first-order chi connectivity index (χ1) is 10.4. The minimum Gasteiger partial charge on any atom is -0.350 e. The van der Waals surface area contributed by atoms with Gasteiger partial charge in [0.05, 0.1) is 18.9 Å². The third-order valence-corrected chi connectivity index (χ3v) is 6.44. The van der Waals surface area contributed by atoms with E-state index in [4.69, 9.17) is 0 Å². The number of fused-ring (bicyclic) bond motifs is 2. The predicted octanol–water partition coefficient (Wildman–Crippen LogP) is 3.03. The zero-order chi connectivity index (χ0) is 15.7. The summed E-state index contributed by atoms with van der Waals surface area (Å²) in [7, 11) is 4.35. The molecule has 0 saturated carbocycles. The monoisotopic (exact) mass is 296 g/mol. The van der Waals surface area contributed by atoms with Crippen molar-refractivity contribution in [2.45, 2.75) is 50.6 Å². The number of hydrogen-bond acceptors (Lipinski definition) is 1.